The number of piperidine rings is 2. The normalized spacial score (nSPS) is 19.6. The van der Waals surface area contributed by atoms with Crippen LogP contribution in [0.2, 0.25) is 0 Å². The lowest BCUT2D eigenvalue weighted by Crippen LogP contribution is -2.49. The maximum Gasteiger partial charge on any atom is 0.235 e. The third-order valence-corrected chi connectivity index (χ3v) is 14.6. The lowest BCUT2D eigenvalue weighted by atomic mass is 9.91. The van der Waals surface area contributed by atoms with Gasteiger partial charge in [0, 0.05) is 106 Å². The van der Waals surface area contributed by atoms with E-state index in [-0.39, 0.29) is 34.6 Å². The number of amides is 2. The smallest absolute Gasteiger partial charge is 0.235 e. The van der Waals surface area contributed by atoms with Gasteiger partial charge in [-0.25, -0.2) is 31.3 Å². The number of carbonyl (C=O) groups excluding carboxylic acids is 2. The summed E-state index contributed by atoms with van der Waals surface area (Å²) in [6, 6.07) is 13.9. The van der Waals surface area contributed by atoms with Crippen molar-refractivity contribution in [1.29, 1.82) is 0 Å². The zero-order chi connectivity index (χ0) is 43.0. The minimum Gasteiger partial charge on any atom is -0.367 e. The minimum absolute atomic E-state index is 0.192. The fourth-order valence-corrected chi connectivity index (χ4v) is 10.9. The molecule has 2 amide bonds. The van der Waals surface area contributed by atoms with Gasteiger partial charge in [0.25, 0.3) is 0 Å². The van der Waals surface area contributed by atoms with Crippen molar-refractivity contribution in [3.8, 4) is 28.1 Å². The lowest BCUT2D eigenvalue weighted by molar-refractivity contribution is -0.134. The van der Waals surface area contributed by atoms with Gasteiger partial charge < -0.3 is 9.80 Å². The van der Waals surface area contributed by atoms with Crippen LogP contribution in [0.1, 0.15) is 62.8 Å². The number of aromatic nitrogens is 4. The third-order valence-electron chi connectivity index (χ3n) is 12.8. The summed E-state index contributed by atoms with van der Waals surface area (Å²) < 4.78 is 77.3. The van der Waals surface area contributed by atoms with Gasteiger partial charge in [0.15, 0.2) is 5.82 Å². The number of sulfonamides is 1. The molecule has 4 aliphatic rings. The molecular formula is C45H48F3N9O4S. The first-order valence-corrected chi connectivity index (χ1v) is 22.9. The van der Waals surface area contributed by atoms with Crippen molar-refractivity contribution in [3.05, 3.63) is 102 Å². The molecule has 2 N–H and O–H groups in total. The summed E-state index contributed by atoms with van der Waals surface area (Å²) in [5.41, 5.74) is 2.03. The molecule has 1 aliphatic carbocycles. The predicted octanol–water partition coefficient (Wildman–Crippen LogP) is 6.66. The number of rotatable bonds is 11. The number of imide groups is 1. The van der Waals surface area contributed by atoms with Gasteiger partial charge in [0.05, 0.1) is 28.2 Å². The van der Waals surface area contributed by atoms with E-state index >= 15 is 13.2 Å². The summed E-state index contributed by atoms with van der Waals surface area (Å²) in [4.78, 5) is 39.3. The first kappa shape index (κ1) is 41.5. The zero-order valence-electron chi connectivity index (χ0n) is 34.1. The number of benzene rings is 2. The van der Waals surface area contributed by atoms with Crippen LogP contribution < -0.4 is 19.8 Å². The Hall–Kier alpha value is -5.81. The van der Waals surface area contributed by atoms with Crippen molar-refractivity contribution in [2.45, 2.75) is 62.5 Å². The van der Waals surface area contributed by atoms with E-state index in [0.717, 1.165) is 81.9 Å². The second-order valence-electron chi connectivity index (χ2n) is 16.7. The largest absolute Gasteiger partial charge is 0.367 e. The van der Waals surface area contributed by atoms with Crippen molar-refractivity contribution in [1.82, 2.24) is 30.0 Å². The van der Waals surface area contributed by atoms with Gasteiger partial charge >= 0.3 is 0 Å². The Balaban J connectivity index is 0.840. The monoisotopic (exact) mass is 867 g/mol. The van der Waals surface area contributed by atoms with Crippen LogP contribution in [0.5, 0.6) is 0 Å². The highest BCUT2D eigenvalue weighted by Crippen LogP contribution is 2.38. The van der Waals surface area contributed by atoms with E-state index in [2.05, 4.69) is 29.8 Å². The topological polar surface area (TPSA) is 146 Å². The SMILES string of the molecule is O=C1CC[C@H](c2ccc(N3CCC(CN4CCN(c5ccc(-n6cc(-c7cc(F)cc(NS(=O)(=O)C8CCCC8)c7F)c(-c7ccncc7)n6)cc5F)CC4)CC3)nc2)C(=O)N1. The highest BCUT2D eigenvalue weighted by molar-refractivity contribution is 7.93. The summed E-state index contributed by atoms with van der Waals surface area (Å²) >= 11 is 0. The predicted molar refractivity (Wildman–Crippen MR) is 230 cm³/mol. The van der Waals surface area contributed by atoms with Crippen LogP contribution in [0.4, 0.5) is 30.4 Å². The van der Waals surface area contributed by atoms with E-state index in [4.69, 9.17) is 5.10 Å². The molecule has 5 aromatic rings. The fraction of sp³-hybridized carbons (Fsp3) is 0.400. The van der Waals surface area contributed by atoms with Gasteiger partial charge in [-0.15, -0.1) is 0 Å². The number of halogens is 3. The Bertz CT molecular complexity index is 2560. The summed E-state index contributed by atoms with van der Waals surface area (Å²) in [7, 11) is -3.95. The van der Waals surface area contributed by atoms with E-state index in [9.17, 15) is 18.0 Å². The molecule has 1 atom stereocenters. The van der Waals surface area contributed by atoms with Gasteiger partial charge in [-0.3, -0.25) is 29.5 Å². The maximum atomic E-state index is 16.3. The molecule has 1 saturated carbocycles. The van der Waals surface area contributed by atoms with Crippen molar-refractivity contribution >= 4 is 39.0 Å². The van der Waals surface area contributed by atoms with E-state index in [0.29, 0.717) is 61.6 Å². The average molecular weight is 868 g/mol. The number of hydrogen-bond donors (Lipinski definition) is 2. The van der Waals surface area contributed by atoms with Crippen LogP contribution in [0.15, 0.2) is 79.4 Å². The Kier molecular flexibility index (Phi) is 11.7. The molecule has 13 nitrogen and oxygen atoms in total. The second-order valence-corrected chi connectivity index (χ2v) is 18.7. The van der Waals surface area contributed by atoms with Crippen LogP contribution in [0, 0.1) is 23.4 Å². The second kappa shape index (κ2) is 17.5. The van der Waals surface area contributed by atoms with Gasteiger partial charge in [0.1, 0.15) is 23.1 Å². The molecule has 0 unspecified atom stereocenters. The van der Waals surface area contributed by atoms with E-state index in [1.165, 1.54) is 16.9 Å². The Morgan fingerprint density at radius 1 is 0.806 bits per heavy atom. The standard InChI is InChI=1S/C45H48F3N9O4S/c46-32-23-36(43(48)39(24-32)53-62(60,61)34-3-1-2-4-34)37-28-57(52-44(37)30-11-15-49-16-12-30)33-6-8-40(38(47)25-33)55-21-19-54(20-22-55)27-29-13-17-56(18-14-29)41-9-5-31(26-50-41)35-7-10-42(58)51-45(35)59/h5-6,8-9,11-12,15-16,23-26,28-29,34-35,53H,1-4,7,10,13-14,17-22,27H2,(H,51,58,59)/t35-/m1/s1. The molecular weight excluding hydrogens is 820 g/mol. The van der Waals surface area contributed by atoms with Gasteiger partial charge in [-0.05, 0) is 80.0 Å². The number of anilines is 3. The van der Waals surface area contributed by atoms with Crippen molar-refractivity contribution in [3.63, 3.8) is 0 Å². The molecule has 6 heterocycles. The van der Waals surface area contributed by atoms with Crippen LogP contribution in [-0.4, -0.2) is 95.9 Å². The third kappa shape index (κ3) is 8.77. The van der Waals surface area contributed by atoms with E-state index < -0.39 is 38.4 Å². The van der Waals surface area contributed by atoms with Gasteiger partial charge in [0.2, 0.25) is 21.8 Å². The minimum atomic E-state index is -3.95. The van der Waals surface area contributed by atoms with Crippen molar-refractivity contribution < 1.29 is 31.2 Å². The molecule has 17 heteroatoms. The molecule has 3 aromatic heterocycles. The molecule has 0 bridgehead atoms. The van der Waals surface area contributed by atoms with E-state index in [1.54, 1.807) is 42.9 Å². The molecule has 62 heavy (non-hydrogen) atoms. The quantitative estimate of drug-likeness (QED) is 0.138. The number of hydrogen-bond acceptors (Lipinski definition) is 10. The van der Waals surface area contributed by atoms with Gasteiger partial charge in [-0.2, -0.15) is 5.10 Å². The lowest BCUT2D eigenvalue weighted by Gasteiger charge is -2.40. The summed E-state index contributed by atoms with van der Waals surface area (Å²) in [5.74, 6) is -1.63. The number of nitrogens with one attached hydrogen (secondary N) is 2. The highest BCUT2D eigenvalue weighted by atomic mass is 32.2. The fourth-order valence-electron chi connectivity index (χ4n) is 9.30. The summed E-state index contributed by atoms with van der Waals surface area (Å²) in [6.07, 6.45) is 11.7. The van der Waals surface area contributed by atoms with E-state index in [1.807, 2.05) is 17.0 Å². The van der Waals surface area contributed by atoms with Crippen LogP contribution in [-0.2, 0) is 19.6 Å². The molecule has 9 rings (SSSR count). The molecule has 3 aliphatic heterocycles. The van der Waals surface area contributed by atoms with Crippen molar-refractivity contribution in [2.75, 3.05) is 60.3 Å². The summed E-state index contributed by atoms with van der Waals surface area (Å²) in [6.45, 7) is 5.63. The van der Waals surface area contributed by atoms with Crippen LogP contribution >= 0.6 is 0 Å². The first-order chi connectivity index (χ1) is 30.0. The Morgan fingerprint density at radius 3 is 2.26 bits per heavy atom. The number of carbonyl (C=O) groups is 2. The first-order valence-electron chi connectivity index (χ1n) is 21.3. The molecule has 0 radical (unpaired) electrons. The number of nitrogens with zero attached hydrogens (tertiary/aromatic N) is 7. The van der Waals surface area contributed by atoms with Gasteiger partial charge in [-0.1, -0.05) is 18.9 Å². The molecule has 2 aromatic carbocycles. The molecule has 0 spiro atoms. The van der Waals surface area contributed by atoms with Crippen LogP contribution in [0.3, 0.4) is 0 Å². The summed E-state index contributed by atoms with van der Waals surface area (Å²) in [5, 5.41) is 6.45. The number of piperazine rings is 1. The highest BCUT2D eigenvalue weighted by Gasteiger charge is 2.32. The van der Waals surface area contributed by atoms with Crippen LogP contribution in [0.25, 0.3) is 28.1 Å². The average Bonchev–Trinajstić information content (AvgIpc) is 3.99. The molecule has 4 fully saturated rings. The Morgan fingerprint density at radius 2 is 1.56 bits per heavy atom. The molecule has 324 valence electrons. The zero-order valence-corrected chi connectivity index (χ0v) is 35.0. The van der Waals surface area contributed by atoms with Crippen molar-refractivity contribution in [2.24, 2.45) is 5.92 Å². The maximum absolute atomic E-state index is 16.3. The number of pyridine rings is 2. The Labute approximate surface area is 358 Å². The molecule has 3 saturated heterocycles.